The number of thiophene rings is 1. The molecule has 0 aliphatic heterocycles. The van der Waals surface area contributed by atoms with Gasteiger partial charge in [0.25, 0.3) is 0 Å². The van der Waals surface area contributed by atoms with Gasteiger partial charge in [0.2, 0.25) is 0 Å². The largest absolute Gasteiger partial charge is 0.369 e. The van der Waals surface area contributed by atoms with Gasteiger partial charge in [-0.05, 0) is 49.9 Å². The SMILES string of the molecule is CCc1sc2ncnc(NCCCN)c2c1-c1ccc(C)c(C)c1. The molecule has 0 fully saturated rings. The molecule has 0 radical (unpaired) electrons. The van der Waals surface area contributed by atoms with Gasteiger partial charge >= 0.3 is 0 Å². The minimum absolute atomic E-state index is 0.676. The molecule has 0 amide bonds. The van der Waals surface area contributed by atoms with Crippen molar-refractivity contribution in [3.8, 4) is 11.1 Å². The first-order valence-corrected chi connectivity index (χ1v) is 9.25. The van der Waals surface area contributed by atoms with E-state index in [0.717, 1.165) is 35.4 Å². The molecule has 3 N–H and O–H groups in total. The van der Waals surface area contributed by atoms with E-state index in [1.54, 1.807) is 17.7 Å². The molecule has 2 heterocycles. The van der Waals surface area contributed by atoms with Crippen molar-refractivity contribution in [1.82, 2.24) is 9.97 Å². The molecule has 126 valence electrons. The summed E-state index contributed by atoms with van der Waals surface area (Å²) in [5, 5.41) is 4.58. The fourth-order valence-electron chi connectivity index (χ4n) is 2.87. The van der Waals surface area contributed by atoms with Gasteiger partial charge in [-0.25, -0.2) is 9.97 Å². The van der Waals surface area contributed by atoms with Gasteiger partial charge in [0, 0.05) is 17.0 Å². The highest BCUT2D eigenvalue weighted by Crippen LogP contribution is 2.41. The van der Waals surface area contributed by atoms with E-state index in [-0.39, 0.29) is 0 Å². The Morgan fingerprint density at radius 1 is 1.17 bits per heavy atom. The molecule has 2 aromatic heterocycles. The molecule has 24 heavy (non-hydrogen) atoms. The highest BCUT2D eigenvalue weighted by Gasteiger charge is 2.18. The molecule has 0 aliphatic rings. The molecule has 5 heteroatoms. The van der Waals surface area contributed by atoms with E-state index in [2.05, 4.69) is 54.3 Å². The number of aromatic nitrogens is 2. The smallest absolute Gasteiger partial charge is 0.138 e. The number of fused-ring (bicyclic) bond motifs is 1. The average Bonchev–Trinajstić information content (AvgIpc) is 2.97. The topological polar surface area (TPSA) is 63.8 Å². The summed E-state index contributed by atoms with van der Waals surface area (Å²) in [6, 6.07) is 6.67. The van der Waals surface area contributed by atoms with Crippen molar-refractivity contribution in [1.29, 1.82) is 0 Å². The number of nitrogens with zero attached hydrogens (tertiary/aromatic N) is 2. The molecule has 0 saturated carbocycles. The molecule has 0 bridgehead atoms. The maximum Gasteiger partial charge on any atom is 0.138 e. The minimum Gasteiger partial charge on any atom is -0.369 e. The average molecular weight is 340 g/mol. The fourth-order valence-corrected chi connectivity index (χ4v) is 3.97. The van der Waals surface area contributed by atoms with Gasteiger partial charge in [0.1, 0.15) is 17.0 Å². The predicted molar refractivity (Wildman–Crippen MR) is 104 cm³/mol. The van der Waals surface area contributed by atoms with E-state index in [0.29, 0.717) is 6.54 Å². The number of hydrogen-bond donors (Lipinski definition) is 2. The normalized spacial score (nSPS) is 11.2. The van der Waals surface area contributed by atoms with E-state index in [4.69, 9.17) is 5.73 Å². The van der Waals surface area contributed by atoms with Crippen molar-refractivity contribution in [3.05, 3.63) is 40.5 Å². The third-order valence-corrected chi connectivity index (χ3v) is 5.59. The van der Waals surface area contributed by atoms with Crippen molar-refractivity contribution in [2.45, 2.75) is 33.6 Å². The number of anilines is 1. The summed E-state index contributed by atoms with van der Waals surface area (Å²) in [5.74, 6) is 0.914. The molecule has 0 spiro atoms. The lowest BCUT2D eigenvalue weighted by molar-refractivity contribution is 0.871. The Morgan fingerprint density at radius 2 is 2.00 bits per heavy atom. The first-order valence-electron chi connectivity index (χ1n) is 8.43. The van der Waals surface area contributed by atoms with Crippen LogP contribution in [0.4, 0.5) is 5.82 Å². The Kier molecular flexibility index (Phi) is 5.11. The lowest BCUT2D eigenvalue weighted by Gasteiger charge is -2.10. The quantitative estimate of drug-likeness (QED) is 0.657. The Balaban J connectivity index is 2.18. The molecule has 0 unspecified atom stereocenters. The van der Waals surface area contributed by atoms with E-state index >= 15 is 0 Å². The van der Waals surface area contributed by atoms with E-state index in [9.17, 15) is 0 Å². The van der Waals surface area contributed by atoms with Crippen LogP contribution in [-0.2, 0) is 6.42 Å². The molecular formula is C19H24N4S. The van der Waals surface area contributed by atoms with Crippen LogP contribution in [0.25, 0.3) is 21.3 Å². The second kappa shape index (κ2) is 7.28. The molecule has 1 aromatic carbocycles. The molecule has 3 aromatic rings. The monoisotopic (exact) mass is 340 g/mol. The molecule has 0 aliphatic carbocycles. The highest BCUT2D eigenvalue weighted by atomic mass is 32.1. The van der Waals surface area contributed by atoms with Gasteiger partial charge in [-0.2, -0.15) is 0 Å². The summed E-state index contributed by atoms with van der Waals surface area (Å²) in [7, 11) is 0. The van der Waals surface area contributed by atoms with Crippen LogP contribution in [0.1, 0.15) is 29.3 Å². The second-order valence-electron chi connectivity index (χ2n) is 6.02. The molecule has 4 nitrogen and oxygen atoms in total. The van der Waals surface area contributed by atoms with Crippen LogP contribution < -0.4 is 11.1 Å². The maximum absolute atomic E-state index is 5.61. The number of nitrogens with one attached hydrogen (secondary N) is 1. The molecule has 3 rings (SSSR count). The second-order valence-corrected chi connectivity index (χ2v) is 7.11. The van der Waals surface area contributed by atoms with Gasteiger partial charge < -0.3 is 11.1 Å². The van der Waals surface area contributed by atoms with Crippen molar-refractivity contribution < 1.29 is 0 Å². The third-order valence-electron chi connectivity index (χ3n) is 4.35. The number of benzene rings is 1. The van der Waals surface area contributed by atoms with Crippen LogP contribution >= 0.6 is 11.3 Å². The maximum atomic E-state index is 5.61. The first-order chi connectivity index (χ1) is 11.7. The van der Waals surface area contributed by atoms with Crippen molar-refractivity contribution in [3.63, 3.8) is 0 Å². The summed E-state index contributed by atoms with van der Waals surface area (Å²) in [4.78, 5) is 11.4. The van der Waals surface area contributed by atoms with Crippen LogP contribution in [0.2, 0.25) is 0 Å². The van der Waals surface area contributed by atoms with Crippen LogP contribution in [0.5, 0.6) is 0 Å². The van der Waals surface area contributed by atoms with E-state index in [1.165, 1.54) is 27.1 Å². The molecular weight excluding hydrogens is 316 g/mol. The summed E-state index contributed by atoms with van der Waals surface area (Å²) < 4.78 is 0. The minimum atomic E-state index is 0.676. The van der Waals surface area contributed by atoms with E-state index < -0.39 is 0 Å². The third kappa shape index (κ3) is 3.14. The number of aryl methyl sites for hydroxylation is 3. The fraction of sp³-hybridized carbons (Fsp3) is 0.368. The molecule has 0 atom stereocenters. The number of nitrogens with two attached hydrogens (primary N) is 1. The summed E-state index contributed by atoms with van der Waals surface area (Å²) in [6.07, 6.45) is 3.56. The zero-order valence-electron chi connectivity index (χ0n) is 14.5. The molecule has 0 saturated heterocycles. The summed E-state index contributed by atoms with van der Waals surface area (Å²) in [6.45, 7) is 8.01. The van der Waals surface area contributed by atoms with Crippen LogP contribution in [0, 0.1) is 13.8 Å². The Bertz CT molecular complexity index is 854. The summed E-state index contributed by atoms with van der Waals surface area (Å²) >= 11 is 1.77. The van der Waals surface area contributed by atoms with E-state index in [1.807, 2.05) is 0 Å². The Hall–Kier alpha value is -1.98. The lowest BCUT2D eigenvalue weighted by Crippen LogP contribution is -2.09. The first kappa shape index (κ1) is 16.9. The lowest BCUT2D eigenvalue weighted by atomic mass is 9.98. The Morgan fingerprint density at radius 3 is 2.71 bits per heavy atom. The van der Waals surface area contributed by atoms with Crippen LogP contribution in [0.15, 0.2) is 24.5 Å². The van der Waals surface area contributed by atoms with Crippen molar-refractivity contribution >= 4 is 27.4 Å². The predicted octanol–water partition coefficient (Wildman–Crippen LogP) is 4.30. The zero-order valence-corrected chi connectivity index (χ0v) is 15.3. The number of rotatable bonds is 6. The summed E-state index contributed by atoms with van der Waals surface area (Å²) in [5.41, 5.74) is 10.8. The Labute approximate surface area is 147 Å². The van der Waals surface area contributed by atoms with Crippen LogP contribution in [0.3, 0.4) is 0 Å². The van der Waals surface area contributed by atoms with Crippen molar-refractivity contribution in [2.75, 3.05) is 18.4 Å². The zero-order chi connectivity index (χ0) is 17.1. The van der Waals surface area contributed by atoms with Gasteiger partial charge in [-0.1, -0.05) is 25.1 Å². The van der Waals surface area contributed by atoms with Gasteiger partial charge in [0.15, 0.2) is 0 Å². The number of hydrogen-bond acceptors (Lipinski definition) is 5. The highest BCUT2D eigenvalue weighted by molar-refractivity contribution is 7.19. The van der Waals surface area contributed by atoms with Gasteiger partial charge in [-0.3, -0.25) is 0 Å². The van der Waals surface area contributed by atoms with Crippen molar-refractivity contribution in [2.24, 2.45) is 5.73 Å². The van der Waals surface area contributed by atoms with Gasteiger partial charge in [0.05, 0.1) is 5.39 Å². The standard InChI is InChI=1S/C19H24N4S/c1-4-15-16(14-7-6-12(2)13(3)10-14)17-18(21-9-5-8-20)22-11-23-19(17)24-15/h6-7,10-11H,4-5,8-9,20H2,1-3H3,(H,21,22,23). The van der Waals surface area contributed by atoms with Crippen LogP contribution in [-0.4, -0.2) is 23.1 Å². The van der Waals surface area contributed by atoms with Gasteiger partial charge in [-0.15, -0.1) is 11.3 Å².